The first-order chi connectivity index (χ1) is 8.36. The number of benzene rings is 1. The number of nitrogens with zero attached hydrogens (tertiary/aromatic N) is 1. The molecule has 1 unspecified atom stereocenters. The first-order valence-electron chi connectivity index (χ1n) is 6.34. The molecule has 1 aromatic carbocycles. The summed E-state index contributed by atoms with van der Waals surface area (Å²) in [6.45, 7) is 4.18. The first-order valence-corrected chi connectivity index (χ1v) is 7.57. The molecular weight excluding hydrogens is 230 g/mol. The lowest BCUT2D eigenvalue weighted by atomic mass is 9.98. The van der Waals surface area contributed by atoms with E-state index in [0.717, 1.165) is 19.8 Å². The minimum atomic E-state index is 0.656. The third-order valence-electron chi connectivity index (χ3n) is 3.88. The van der Waals surface area contributed by atoms with E-state index in [1.165, 1.54) is 29.8 Å². The molecule has 0 amide bonds. The van der Waals surface area contributed by atoms with E-state index >= 15 is 0 Å². The Bertz CT molecular complexity index is 401. The topological polar surface area (TPSA) is 12.5 Å². The standard InChI is InChI=1S/C14H19NOS/c1-17-14-3-2-12-9-15(6-4-11(12)8-14)13-5-7-16-10-13/h2-3,8,13H,4-7,9-10H2,1H3. The number of fused-ring (bicyclic) bond motifs is 1. The molecule has 3 rings (SSSR count). The third kappa shape index (κ3) is 2.37. The quantitative estimate of drug-likeness (QED) is 0.747. The third-order valence-corrected chi connectivity index (χ3v) is 4.60. The maximum Gasteiger partial charge on any atom is 0.0622 e. The van der Waals surface area contributed by atoms with Crippen LogP contribution in [0.2, 0.25) is 0 Å². The number of thioether (sulfide) groups is 1. The molecule has 92 valence electrons. The van der Waals surface area contributed by atoms with Crippen LogP contribution in [-0.2, 0) is 17.7 Å². The molecule has 2 aliphatic rings. The van der Waals surface area contributed by atoms with Gasteiger partial charge in [0, 0.05) is 30.6 Å². The summed E-state index contributed by atoms with van der Waals surface area (Å²) in [5.74, 6) is 0. The van der Waals surface area contributed by atoms with Gasteiger partial charge in [0.2, 0.25) is 0 Å². The van der Waals surface area contributed by atoms with Crippen molar-refractivity contribution in [1.82, 2.24) is 4.90 Å². The van der Waals surface area contributed by atoms with E-state index in [1.807, 2.05) is 11.8 Å². The maximum atomic E-state index is 5.49. The van der Waals surface area contributed by atoms with Gasteiger partial charge < -0.3 is 4.74 Å². The van der Waals surface area contributed by atoms with Gasteiger partial charge in [-0.25, -0.2) is 0 Å². The van der Waals surface area contributed by atoms with Crippen LogP contribution in [0.15, 0.2) is 23.1 Å². The molecule has 3 heteroatoms. The van der Waals surface area contributed by atoms with Gasteiger partial charge in [-0.15, -0.1) is 11.8 Å². The van der Waals surface area contributed by atoms with Gasteiger partial charge in [-0.1, -0.05) is 6.07 Å². The van der Waals surface area contributed by atoms with E-state index in [1.54, 1.807) is 5.56 Å². The van der Waals surface area contributed by atoms with Crippen LogP contribution in [0, 0.1) is 0 Å². The summed E-state index contributed by atoms with van der Waals surface area (Å²) < 4.78 is 5.49. The van der Waals surface area contributed by atoms with E-state index in [9.17, 15) is 0 Å². The van der Waals surface area contributed by atoms with Crippen molar-refractivity contribution in [3.8, 4) is 0 Å². The molecule has 0 N–H and O–H groups in total. The lowest BCUT2D eigenvalue weighted by Gasteiger charge is -2.33. The van der Waals surface area contributed by atoms with Gasteiger partial charge in [0.15, 0.2) is 0 Å². The van der Waals surface area contributed by atoms with Gasteiger partial charge in [-0.2, -0.15) is 0 Å². The molecular formula is C14H19NOS. The molecule has 1 atom stereocenters. The smallest absolute Gasteiger partial charge is 0.0622 e. The molecule has 0 aromatic heterocycles. The molecule has 1 saturated heterocycles. The average molecular weight is 249 g/mol. The second-order valence-corrected chi connectivity index (χ2v) is 5.75. The van der Waals surface area contributed by atoms with Crippen molar-refractivity contribution in [1.29, 1.82) is 0 Å². The molecule has 0 aliphatic carbocycles. The Hall–Kier alpha value is -0.510. The Morgan fingerprint density at radius 1 is 1.35 bits per heavy atom. The van der Waals surface area contributed by atoms with Crippen molar-refractivity contribution in [3.63, 3.8) is 0 Å². The monoisotopic (exact) mass is 249 g/mol. The molecule has 1 fully saturated rings. The summed E-state index contributed by atoms with van der Waals surface area (Å²) >= 11 is 1.83. The Morgan fingerprint density at radius 3 is 3.06 bits per heavy atom. The van der Waals surface area contributed by atoms with Crippen LogP contribution in [0.3, 0.4) is 0 Å². The fourth-order valence-corrected chi connectivity index (χ4v) is 3.26. The van der Waals surface area contributed by atoms with Crippen LogP contribution in [0.25, 0.3) is 0 Å². The zero-order chi connectivity index (χ0) is 11.7. The minimum Gasteiger partial charge on any atom is -0.380 e. The van der Waals surface area contributed by atoms with Gasteiger partial charge >= 0.3 is 0 Å². The Labute approximate surface area is 107 Å². The van der Waals surface area contributed by atoms with Crippen LogP contribution in [0.4, 0.5) is 0 Å². The molecule has 2 aliphatic heterocycles. The summed E-state index contributed by atoms with van der Waals surface area (Å²) in [7, 11) is 0. The second kappa shape index (κ2) is 5.01. The second-order valence-electron chi connectivity index (χ2n) is 4.87. The normalized spacial score (nSPS) is 24.9. The Kier molecular flexibility index (Phi) is 3.41. The van der Waals surface area contributed by atoms with Crippen molar-refractivity contribution < 1.29 is 4.74 Å². The zero-order valence-electron chi connectivity index (χ0n) is 10.3. The molecule has 2 nitrogen and oxygen atoms in total. The predicted molar refractivity (Wildman–Crippen MR) is 71.6 cm³/mol. The van der Waals surface area contributed by atoms with Gasteiger partial charge in [0.05, 0.1) is 6.61 Å². The largest absolute Gasteiger partial charge is 0.380 e. The lowest BCUT2D eigenvalue weighted by molar-refractivity contribution is 0.135. The van der Waals surface area contributed by atoms with Crippen molar-refractivity contribution in [3.05, 3.63) is 29.3 Å². The fourth-order valence-electron chi connectivity index (χ4n) is 2.80. The lowest BCUT2D eigenvalue weighted by Crippen LogP contribution is -2.39. The highest BCUT2D eigenvalue weighted by molar-refractivity contribution is 7.98. The van der Waals surface area contributed by atoms with Gasteiger partial charge in [0.25, 0.3) is 0 Å². The van der Waals surface area contributed by atoms with Gasteiger partial charge in [0.1, 0.15) is 0 Å². The van der Waals surface area contributed by atoms with Crippen LogP contribution >= 0.6 is 11.8 Å². The molecule has 0 saturated carbocycles. The van der Waals surface area contributed by atoms with E-state index in [-0.39, 0.29) is 0 Å². The van der Waals surface area contributed by atoms with E-state index in [2.05, 4.69) is 29.4 Å². The van der Waals surface area contributed by atoms with Crippen LogP contribution in [0.1, 0.15) is 17.5 Å². The number of ether oxygens (including phenoxy) is 1. The Morgan fingerprint density at radius 2 is 2.29 bits per heavy atom. The van der Waals surface area contributed by atoms with Crippen molar-refractivity contribution in [2.24, 2.45) is 0 Å². The summed E-state index contributed by atoms with van der Waals surface area (Å²) in [5.41, 5.74) is 3.06. The van der Waals surface area contributed by atoms with Crippen molar-refractivity contribution >= 4 is 11.8 Å². The van der Waals surface area contributed by atoms with Crippen LogP contribution < -0.4 is 0 Å². The minimum absolute atomic E-state index is 0.656. The summed E-state index contributed by atoms with van der Waals surface area (Å²) in [6, 6.07) is 7.58. The van der Waals surface area contributed by atoms with E-state index in [4.69, 9.17) is 4.74 Å². The number of hydrogen-bond acceptors (Lipinski definition) is 3. The molecule has 1 aromatic rings. The molecule has 17 heavy (non-hydrogen) atoms. The van der Waals surface area contributed by atoms with Crippen LogP contribution in [-0.4, -0.2) is 37.0 Å². The fraction of sp³-hybridized carbons (Fsp3) is 0.571. The molecule has 2 heterocycles. The predicted octanol–water partition coefficient (Wildman–Crippen LogP) is 2.56. The highest BCUT2D eigenvalue weighted by atomic mass is 32.2. The molecule has 0 bridgehead atoms. The summed E-state index contributed by atoms with van der Waals surface area (Å²) in [6.07, 6.45) is 4.55. The highest BCUT2D eigenvalue weighted by Gasteiger charge is 2.26. The summed E-state index contributed by atoms with van der Waals surface area (Å²) in [5, 5.41) is 0. The van der Waals surface area contributed by atoms with Crippen LogP contribution in [0.5, 0.6) is 0 Å². The SMILES string of the molecule is CSc1ccc2c(c1)CCN(C1CCOC1)C2. The zero-order valence-corrected chi connectivity index (χ0v) is 11.1. The number of rotatable bonds is 2. The van der Waals surface area contributed by atoms with Crippen molar-refractivity contribution in [2.75, 3.05) is 26.0 Å². The van der Waals surface area contributed by atoms with Crippen molar-refractivity contribution in [2.45, 2.75) is 30.3 Å². The molecule has 0 radical (unpaired) electrons. The first kappa shape index (κ1) is 11.6. The highest BCUT2D eigenvalue weighted by Crippen LogP contribution is 2.26. The van der Waals surface area contributed by atoms with E-state index < -0.39 is 0 Å². The van der Waals surface area contributed by atoms with Gasteiger partial charge in [-0.05, 0) is 42.4 Å². The number of hydrogen-bond donors (Lipinski definition) is 0. The maximum absolute atomic E-state index is 5.49. The average Bonchev–Trinajstić information content (AvgIpc) is 2.91. The van der Waals surface area contributed by atoms with E-state index in [0.29, 0.717) is 6.04 Å². The van der Waals surface area contributed by atoms with Gasteiger partial charge in [-0.3, -0.25) is 4.90 Å². The summed E-state index contributed by atoms with van der Waals surface area (Å²) in [4.78, 5) is 3.98. The Balaban J connectivity index is 1.76. The molecule has 0 spiro atoms.